The van der Waals surface area contributed by atoms with Gasteiger partial charge in [0.15, 0.2) is 0 Å². The van der Waals surface area contributed by atoms with E-state index in [4.69, 9.17) is 0 Å². The number of nitrogens with one attached hydrogen (secondary N) is 1. The van der Waals surface area contributed by atoms with E-state index >= 15 is 0 Å². The average Bonchev–Trinajstić information content (AvgIpc) is 2.79. The molecule has 2 aromatic rings. The molecule has 5 heteroatoms. The number of carbonyl (C=O) groups excluding carboxylic acids is 1. The molecular formula is C15H19N3OS. The number of carbonyl (C=O) groups is 1. The molecule has 0 aliphatic rings. The molecule has 0 radical (unpaired) electrons. The molecule has 0 unspecified atom stereocenters. The first-order valence-electron chi connectivity index (χ1n) is 6.69. The molecule has 0 aliphatic heterocycles. The Hall–Kier alpha value is -1.75. The largest absolute Gasteiger partial charge is 0.356 e. The summed E-state index contributed by atoms with van der Waals surface area (Å²) in [6.07, 6.45) is 3.91. The molecule has 0 aromatic carbocycles. The van der Waals surface area contributed by atoms with Gasteiger partial charge in [-0.1, -0.05) is 13.8 Å². The van der Waals surface area contributed by atoms with Gasteiger partial charge in [0.25, 0.3) is 0 Å². The van der Waals surface area contributed by atoms with Crippen molar-refractivity contribution in [1.82, 2.24) is 15.3 Å². The lowest BCUT2D eigenvalue weighted by Gasteiger charge is -2.06. The van der Waals surface area contributed by atoms with E-state index in [0.29, 0.717) is 18.9 Å². The number of aromatic nitrogens is 2. The van der Waals surface area contributed by atoms with E-state index in [9.17, 15) is 4.79 Å². The van der Waals surface area contributed by atoms with Crippen LogP contribution < -0.4 is 5.32 Å². The summed E-state index contributed by atoms with van der Waals surface area (Å²) in [6.45, 7) is 6.83. The number of amides is 1. The number of pyridine rings is 1. The Morgan fingerprint density at radius 2 is 2.05 bits per heavy atom. The zero-order chi connectivity index (χ0) is 14.5. The molecule has 106 valence electrons. The van der Waals surface area contributed by atoms with Crippen LogP contribution in [-0.4, -0.2) is 22.4 Å². The van der Waals surface area contributed by atoms with Crippen LogP contribution in [0, 0.1) is 12.8 Å². The maximum absolute atomic E-state index is 11.9. The van der Waals surface area contributed by atoms with Gasteiger partial charge in [0.05, 0.1) is 12.1 Å². The molecule has 0 aliphatic carbocycles. The Labute approximate surface area is 123 Å². The van der Waals surface area contributed by atoms with E-state index < -0.39 is 0 Å². The van der Waals surface area contributed by atoms with Gasteiger partial charge in [-0.2, -0.15) is 0 Å². The monoisotopic (exact) mass is 289 g/mol. The predicted molar refractivity (Wildman–Crippen MR) is 81.6 cm³/mol. The zero-order valence-electron chi connectivity index (χ0n) is 12.0. The molecule has 20 heavy (non-hydrogen) atoms. The highest BCUT2D eigenvalue weighted by Crippen LogP contribution is 2.27. The molecule has 1 amide bonds. The van der Waals surface area contributed by atoms with Crippen molar-refractivity contribution in [3.05, 3.63) is 35.1 Å². The summed E-state index contributed by atoms with van der Waals surface area (Å²) in [6, 6.07) is 3.86. The van der Waals surface area contributed by atoms with Crippen molar-refractivity contribution in [3.8, 4) is 10.6 Å². The van der Waals surface area contributed by atoms with Crippen LogP contribution in [0.3, 0.4) is 0 Å². The fraction of sp³-hybridized carbons (Fsp3) is 0.400. The third kappa shape index (κ3) is 3.87. The fourth-order valence-corrected chi connectivity index (χ4v) is 2.80. The summed E-state index contributed by atoms with van der Waals surface area (Å²) in [5, 5.41) is 3.88. The normalized spacial score (nSPS) is 10.8. The molecule has 0 spiro atoms. The number of rotatable bonds is 5. The minimum Gasteiger partial charge on any atom is -0.356 e. The van der Waals surface area contributed by atoms with Crippen LogP contribution in [-0.2, 0) is 11.2 Å². The van der Waals surface area contributed by atoms with Gasteiger partial charge >= 0.3 is 0 Å². The highest BCUT2D eigenvalue weighted by molar-refractivity contribution is 7.15. The number of aryl methyl sites for hydroxylation is 1. The van der Waals surface area contributed by atoms with Gasteiger partial charge in [0, 0.05) is 29.4 Å². The molecule has 2 heterocycles. The van der Waals surface area contributed by atoms with Crippen LogP contribution >= 0.6 is 11.3 Å². The molecule has 1 N–H and O–H groups in total. The predicted octanol–water partition coefficient (Wildman–Crippen LogP) is 2.83. The summed E-state index contributed by atoms with van der Waals surface area (Å²) in [5.74, 6) is 0.528. The number of nitrogens with zero attached hydrogens (tertiary/aromatic N) is 2. The van der Waals surface area contributed by atoms with Crippen molar-refractivity contribution in [3.63, 3.8) is 0 Å². The van der Waals surface area contributed by atoms with E-state index in [1.165, 1.54) is 0 Å². The smallest absolute Gasteiger partial charge is 0.225 e. The third-order valence-corrected chi connectivity index (χ3v) is 4.06. The minimum atomic E-state index is 0.0618. The number of hydrogen-bond donors (Lipinski definition) is 1. The van der Waals surface area contributed by atoms with Gasteiger partial charge in [0.2, 0.25) is 5.91 Å². The first kappa shape index (κ1) is 14.7. The third-order valence-electron chi connectivity index (χ3n) is 2.85. The number of thiazole rings is 1. The van der Waals surface area contributed by atoms with E-state index in [0.717, 1.165) is 21.1 Å². The highest BCUT2D eigenvalue weighted by Gasteiger charge is 2.12. The van der Waals surface area contributed by atoms with Crippen LogP contribution in [0.2, 0.25) is 0 Å². The van der Waals surface area contributed by atoms with E-state index in [1.807, 2.05) is 19.1 Å². The lowest BCUT2D eigenvalue weighted by molar-refractivity contribution is -0.120. The summed E-state index contributed by atoms with van der Waals surface area (Å²) in [5.41, 5.74) is 1.98. The Bertz CT molecular complexity index is 578. The Morgan fingerprint density at radius 1 is 1.35 bits per heavy atom. The Balaban J connectivity index is 2.07. The summed E-state index contributed by atoms with van der Waals surface area (Å²) >= 11 is 1.58. The molecule has 0 fully saturated rings. The van der Waals surface area contributed by atoms with Crippen LogP contribution in [0.15, 0.2) is 24.5 Å². The molecule has 0 atom stereocenters. The topological polar surface area (TPSA) is 54.9 Å². The summed E-state index contributed by atoms with van der Waals surface area (Å²) < 4.78 is 0. The van der Waals surface area contributed by atoms with Gasteiger partial charge < -0.3 is 5.32 Å². The molecular weight excluding hydrogens is 270 g/mol. The molecule has 2 rings (SSSR count). The molecule has 2 aromatic heterocycles. The second-order valence-corrected chi connectivity index (χ2v) is 6.22. The molecule has 0 saturated heterocycles. The van der Waals surface area contributed by atoms with Gasteiger partial charge in [-0.15, -0.1) is 11.3 Å². The van der Waals surface area contributed by atoms with Crippen LogP contribution in [0.5, 0.6) is 0 Å². The van der Waals surface area contributed by atoms with Gasteiger partial charge in [-0.05, 0) is 25.0 Å². The fourth-order valence-electron chi connectivity index (χ4n) is 1.74. The van der Waals surface area contributed by atoms with Gasteiger partial charge in [-0.25, -0.2) is 4.98 Å². The first-order valence-corrected chi connectivity index (χ1v) is 7.51. The average molecular weight is 289 g/mol. The van der Waals surface area contributed by atoms with E-state index in [2.05, 4.69) is 29.1 Å². The second kappa shape index (κ2) is 6.61. The number of hydrogen-bond acceptors (Lipinski definition) is 4. The molecule has 4 nitrogen and oxygen atoms in total. The van der Waals surface area contributed by atoms with Crippen molar-refractivity contribution in [2.75, 3.05) is 6.54 Å². The van der Waals surface area contributed by atoms with Crippen molar-refractivity contribution in [1.29, 1.82) is 0 Å². The summed E-state index contributed by atoms with van der Waals surface area (Å²) in [7, 11) is 0. The summed E-state index contributed by atoms with van der Waals surface area (Å²) in [4.78, 5) is 21.4. The van der Waals surface area contributed by atoms with Crippen molar-refractivity contribution >= 4 is 17.2 Å². The van der Waals surface area contributed by atoms with E-state index in [-0.39, 0.29) is 5.91 Å². The van der Waals surface area contributed by atoms with Crippen molar-refractivity contribution in [2.45, 2.75) is 27.2 Å². The van der Waals surface area contributed by atoms with Crippen molar-refractivity contribution in [2.24, 2.45) is 5.92 Å². The maximum atomic E-state index is 11.9. The van der Waals surface area contributed by atoms with E-state index in [1.54, 1.807) is 23.7 Å². The molecule has 0 bridgehead atoms. The SMILES string of the molecule is Cc1nc(-c2ccncc2)sc1CC(=O)NCC(C)C. The van der Waals surface area contributed by atoms with Gasteiger partial charge in [0.1, 0.15) is 5.01 Å². The van der Waals surface area contributed by atoms with Crippen LogP contribution in [0.4, 0.5) is 0 Å². The highest BCUT2D eigenvalue weighted by atomic mass is 32.1. The van der Waals surface area contributed by atoms with Gasteiger partial charge in [-0.3, -0.25) is 9.78 Å². The standard InChI is InChI=1S/C15H19N3OS/c1-10(2)9-17-14(19)8-13-11(3)18-15(20-13)12-4-6-16-7-5-12/h4-7,10H,8-9H2,1-3H3,(H,17,19). The Morgan fingerprint density at radius 3 is 2.70 bits per heavy atom. The molecule has 0 saturated carbocycles. The zero-order valence-corrected chi connectivity index (χ0v) is 12.8. The lowest BCUT2D eigenvalue weighted by atomic mass is 10.2. The Kier molecular flexibility index (Phi) is 4.84. The van der Waals surface area contributed by atoms with Crippen molar-refractivity contribution < 1.29 is 4.79 Å². The maximum Gasteiger partial charge on any atom is 0.225 e. The first-order chi connectivity index (χ1) is 9.56. The minimum absolute atomic E-state index is 0.0618. The quantitative estimate of drug-likeness (QED) is 0.921. The second-order valence-electron chi connectivity index (χ2n) is 5.14. The lowest BCUT2D eigenvalue weighted by Crippen LogP contribution is -2.28. The van der Waals surface area contributed by atoms with Crippen LogP contribution in [0.25, 0.3) is 10.6 Å². The van der Waals surface area contributed by atoms with Crippen LogP contribution in [0.1, 0.15) is 24.4 Å².